The van der Waals surface area contributed by atoms with Crippen molar-refractivity contribution < 1.29 is 0 Å². The molecule has 0 spiro atoms. The van der Waals surface area contributed by atoms with Gasteiger partial charge in [-0.2, -0.15) is 10.5 Å². The number of rotatable bonds is 3. The van der Waals surface area contributed by atoms with Crippen molar-refractivity contribution in [2.75, 3.05) is 0 Å². The maximum Gasteiger partial charge on any atom is 0.106 e. The standard InChI is InChI=1S/C18H8N4/c19-9-17(10-20)15-5-1-13(2-6-15)14-3-7-16(8-4-14)18(11-21)12-22/h1-8H/q-2. The van der Waals surface area contributed by atoms with Crippen LogP contribution in [0.5, 0.6) is 0 Å². The third-order valence-corrected chi connectivity index (χ3v) is 3.13. The van der Waals surface area contributed by atoms with E-state index in [9.17, 15) is 0 Å². The molecule has 0 fully saturated rings. The van der Waals surface area contributed by atoms with Gasteiger partial charge in [0.05, 0.1) is 11.1 Å². The van der Waals surface area contributed by atoms with Gasteiger partial charge in [0.25, 0.3) is 0 Å². The van der Waals surface area contributed by atoms with Crippen LogP contribution in [0, 0.1) is 22.7 Å². The highest BCUT2D eigenvalue weighted by Crippen LogP contribution is 2.23. The maximum atomic E-state index is 8.83. The van der Waals surface area contributed by atoms with E-state index in [1.165, 1.54) is 0 Å². The van der Waals surface area contributed by atoms with Gasteiger partial charge in [0.2, 0.25) is 0 Å². The quantitative estimate of drug-likeness (QED) is 0.634. The van der Waals surface area contributed by atoms with Gasteiger partial charge >= 0.3 is 0 Å². The Kier molecular flexibility index (Phi) is 4.46. The molecular weight excluding hydrogens is 272 g/mol. The van der Waals surface area contributed by atoms with Crippen LogP contribution < -0.4 is 0 Å². The van der Waals surface area contributed by atoms with Crippen molar-refractivity contribution in [2.24, 2.45) is 0 Å². The van der Waals surface area contributed by atoms with Crippen LogP contribution in [0.1, 0.15) is 11.1 Å². The zero-order valence-electron chi connectivity index (χ0n) is 11.4. The summed E-state index contributed by atoms with van der Waals surface area (Å²) >= 11 is 0. The van der Waals surface area contributed by atoms with Crippen molar-refractivity contribution in [3.63, 3.8) is 0 Å². The minimum Gasteiger partial charge on any atom is -0.762 e. The molecule has 0 bridgehead atoms. The smallest absolute Gasteiger partial charge is 0.106 e. The topological polar surface area (TPSA) is 92.2 Å². The predicted octanol–water partition coefficient (Wildman–Crippen LogP) is 3.65. The van der Waals surface area contributed by atoms with Crippen molar-refractivity contribution in [1.82, 2.24) is 0 Å². The van der Waals surface area contributed by atoms with E-state index >= 15 is 0 Å². The van der Waals surface area contributed by atoms with E-state index < -0.39 is 0 Å². The van der Waals surface area contributed by atoms with Gasteiger partial charge in [-0.3, -0.25) is 0 Å². The summed E-state index contributed by atoms with van der Waals surface area (Å²) < 4.78 is 0. The van der Waals surface area contributed by atoms with Crippen LogP contribution in [0.15, 0.2) is 48.5 Å². The molecule has 4 heteroatoms. The Morgan fingerprint density at radius 2 is 0.955 bits per heavy atom. The molecule has 0 aliphatic carbocycles. The summed E-state index contributed by atoms with van der Waals surface area (Å²) in [5.74, 6) is 3.70. The SMILES string of the molecule is N#CC(=C=[N-])c1ccc(-c2ccc(C(=C=[N-])C#N)cc2)cc1. The molecule has 102 valence electrons. The Morgan fingerprint density at radius 3 is 1.18 bits per heavy atom. The van der Waals surface area contributed by atoms with E-state index in [1.54, 1.807) is 24.3 Å². The van der Waals surface area contributed by atoms with Crippen LogP contribution in [-0.2, 0) is 0 Å². The Bertz CT molecular complexity index is 801. The summed E-state index contributed by atoms with van der Waals surface area (Å²) in [4.78, 5) is 0. The van der Waals surface area contributed by atoms with E-state index in [0.717, 1.165) is 11.1 Å². The molecule has 0 saturated carbocycles. The third-order valence-electron chi connectivity index (χ3n) is 3.13. The first kappa shape index (κ1) is 14.7. The van der Waals surface area contributed by atoms with Crippen molar-refractivity contribution in [1.29, 1.82) is 10.5 Å². The molecule has 0 aliphatic rings. The summed E-state index contributed by atoms with van der Waals surface area (Å²) in [7, 11) is 0. The van der Waals surface area contributed by atoms with Crippen molar-refractivity contribution in [3.05, 3.63) is 70.5 Å². The molecule has 4 nitrogen and oxygen atoms in total. The van der Waals surface area contributed by atoms with Gasteiger partial charge in [-0.05, 0) is 22.3 Å². The Balaban J connectivity index is 2.34. The zero-order chi connectivity index (χ0) is 15.9. The van der Waals surface area contributed by atoms with Gasteiger partial charge < -0.3 is 10.8 Å². The first-order chi connectivity index (χ1) is 10.7. The lowest BCUT2D eigenvalue weighted by atomic mass is 9.99. The third kappa shape index (κ3) is 2.90. The number of benzene rings is 2. The van der Waals surface area contributed by atoms with Gasteiger partial charge in [0.15, 0.2) is 0 Å². The zero-order valence-corrected chi connectivity index (χ0v) is 11.4. The number of hydrogen-bond acceptors (Lipinski definition) is 2. The second kappa shape index (κ2) is 6.66. The van der Waals surface area contributed by atoms with Gasteiger partial charge in [-0.15, -0.1) is 0 Å². The molecule has 2 rings (SSSR count). The molecule has 0 heterocycles. The highest BCUT2D eigenvalue weighted by molar-refractivity contribution is 5.99. The van der Waals surface area contributed by atoms with Crippen LogP contribution in [0.4, 0.5) is 0 Å². The molecule has 0 N–H and O–H groups in total. The fourth-order valence-electron chi connectivity index (χ4n) is 1.97. The Labute approximate surface area is 127 Å². The molecule has 0 unspecified atom stereocenters. The van der Waals surface area contributed by atoms with Gasteiger partial charge in [0.1, 0.15) is 12.1 Å². The van der Waals surface area contributed by atoms with E-state index in [-0.39, 0.29) is 11.1 Å². The number of nitriles is 2. The monoisotopic (exact) mass is 280 g/mol. The molecule has 0 atom stereocenters. The summed E-state index contributed by atoms with van der Waals surface area (Å²) in [6, 6.07) is 17.8. The molecule has 0 saturated heterocycles. The molecule has 0 aliphatic heterocycles. The molecule has 0 radical (unpaired) electrons. The average Bonchev–Trinajstić information content (AvgIpc) is 2.58. The first-order valence-corrected chi connectivity index (χ1v) is 6.29. The highest BCUT2D eigenvalue weighted by Gasteiger charge is 2.02. The van der Waals surface area contributed by atoms with E-state index in [0.29, 0.717) is 11.1 Å². The van der Waals surface area contributed by atoms with Crippen molar-refractivity contribution in [2.45, 2.75) is 0 Å². The molecule has 2 aromatic carbocycles. The Hall–Kier alpha value is -3.68. The summed E-state index contributed by atoms with van der Waals surface area (Å²) in [5.41, 5.74) is 3.14. The fraction of sp³-hybridized carbons (Fsp3) is 0. The highest BCUT2D eigenvalue weighted by atomic mass is 14.3. The molecule has 0 aromatic heterocycles. The number of allylic oxidation sites excluding steroid dienone is 2. The van der Waals surface area contributed by atoms with Crippen molar-refractivity contribution >= 4 is 22.9 Å². The van der Waals surface area contributed by atoms with Crippen LogP contribution in [0.2, 0.25) is 0 Å². The lowest BCUT2D eigenvalue weighted by Gasteiger charge is -2.05. The average molecular weight is 280 g/mol. The fourth-order valence-corrected chi connectivity index (χ4v) is 1.97. The minimum atomic E-state index is 0.0733. The maximum absolute atomic E-state index is 8.83. The van der Waals surface area contributed by atoms with Crippen LogP contribution in [-0.4, -0.2) is 11.7 Å². The molecule has 22 heavy (non-hydrogen) atoms. The largest absolute Gasteiger partial charge is 0.762 e. The lowest BCUT2D eigenvalue weighted by molar-refractivity contribution is 1.52. The normalized spacial score (nSPS) is 8.82. The second-order valence-electron chi connectivity index (χ2n) is 4.35. The molecular formula is C18H8N4-2. The van der Waals surface area contributed by atoms with Crippen LogP contribution >= 0.6 is 0 Å². The van der Waals surface area contributed by atoms with Gasteiger partial charge in [0, 0.05) is 0 Å². The minimum absolute atomic E-state index is 0.0733. The summed E-state index contributed by atoms with van der Waals surface area (Å²) in [6.45, 7) is 0. The predicted molar refractivity (Wildman–Crippen MR) is 86.6 cm³/mol. The van der Waals surface area contributed by atoms with Crippen molar-refractivity contribution in [3.8, 4) is 23.3 Å². The molecule has 0 amide bonds. The molecule has 2 aromatic rings. The van der Waals surface area contributed by atoms with Gasteiger partial charge in [-0.1, -0.05) is 48.5 Å². The van der Waals surface area contributed by atoms with Crippen LogP contribution in [0.3, 0.4) is 0 Å². The summed E-state index contributed by atoms with van der Waals surface area (Å²) in [6.07, 6.45) is 0. The second-order valence-corrected chi connectivity index (χ2v) is 4.35. The number of nitrogens with zero attached hydrogens (tertiary/aromatic N) is 4. The van der Waals surface area contributed by atoms with E-state index in [1.807, 2.05) is 48.1 Å². The van der Waals surface area contributed by atoms with E-state index in [2.05, 4.69) is 0 Å². The van der Waals surface area contributed by atoms with Crippen LogP contribution in [0.25, 0.3) is 33.1 Å². The van der Waals surface area contributed by atoms with Gasteiger partial charge in [-0.25, -0.2) is 11.7 Å². The Morgan fingerprint density at radius 1 is 0.636 bits per heavy atom. The summed E-state index contributed by atoms with van der Waals surface area (Å²) in [5, 5.41) is 35.3. The number of hydrogen-bond donors (Lipinski definition) is 0. The first-order valence-electron chi connectivity index (χ1n) is 6.29. The van der Waals surface area contributed by atoms with E-state index in [4.69, 9.17) is 21.3 Å². The lowest BCUT2D eigenvalue weighted by Crippen LogP contribution is -1.85.